The van der Waals surface area contributed by atoms with Crippen LogP contribution in [0.1, 0.15) is 21.5 Å². The van der Waals surface area contributed by atoms with Crippen LogP contribution in [0.4, 0.5) is 34.1 Å². The standard InChI is InChI=1S/C41H30N6O2/c1-27-11-17-30(18-12-27)42-44-37-23-25-39(35-9-5-3-7-33(35)37)46-47-40-26-24-38(34-8-4-6-10-36(34)40)45-43-31-19-15-29(16-20-31)41(48)49-32-21-13-28(2)14-22-32/h3-26H,1-2H3. The van der Waals surface area contributed by atoms with Gasteiger partial charge in [-0.05, 0) is 86.6 Å². The molecule has 0 saturated carbocycles. The number of hydrogen-bond acceptors (Lipinski definition) is 8. The second kappa shape index (κ2) is 14.0. The van der Waals surface area contributed by atoms with Crippen molar-refractivity contribution >= 4 is 61.6 Å². The fraction of sp³-hybridized carbons (Fsp3) is 0.0488. The van der Waals surface area contributed by atoms with Crippen LogP contribution in [0.3, 0.4) is 0 Å². The van der Waals surface area contributed by atoms with Crippen LogP contribution in [0.25, 0.3) is 21.5 Å². The maximum atomic E-state index is 12.6. The van der Waals surface area contributed by atoms with E-state index in [2.05, 4.69) is 30.7 Å². The van der Waals surface area contributed by atoms with Gasteiger partial charge >= 0.3 is 5.97 Å². The summed E-state index contributed by atoms with van der Waals surface area (Å²) in [6.45, 7) is 4.02. The number of ether oxygens (including phenoxy) is 1. The first-order valence-electron chi connectivity index (χ1n) is 15.7. The van der Waals surface area contributed by atoms with Gasteiger partial charge in [-0.2, -0.15) is 10.2 Å². The molecule has 0 aromatic heterocycles. The fourth-order valence-corrected chi connectivity index (χ4v) is 5.26. The van der Waals surface area contributed by atoms with Crippen molar-refractivity contribution in [2.75, 3.05) is 0 Å². The zero-order valence-electron chi connectivity index (χ0n) is 26.9. The molecule has 8 nitrogen and oxygen atoms in total. The number of aryl methyl sites for hydroxylation is 2. The maximum Gasteiger partial charge on any atom is 0.343 e. The molecule has 0 saturated heterocycles. The first-order valence-corrected chi connectivity index (χ1v) is 15.7. The van der Waals surface area contributed by atoms with Gasteiger partial charge in [-0.15, -0.1) is 20.5 Å². The van der Waals surface area contributed by atoms with E-state index in [0.29, 0.717) is 28.4 Å². The lowest BCUT2D eigenvalue weighted by atomic mass is 10.1. The molecule has 0 atom stereocenters. The summed E-state index contributed by atoms with van der Waals surface area (Å²) in [5, 5.41) is 30.9. The van der Waals surface area contributed by atoms with Gasteiger partial charge < -0.3 is 4.74 Å². The van der Waals surface area contributed by atoms with Crippen LogP contribution in [-0.4, -0.2) is 5.97 Å². The zero-order chi connectivity index (χ0) is 33.6. The van der Waals surface area contributed by atoms with E-state index < -0.39 is 5.97 Å². The summed E-state index contributed by atoms with van der Waals surface area (Å²) in [7, 11) is 0. The zero-order valence-corrected chi connectivity index (χ0v) is 26.9. The van der Waals surface area contributed by atoms with E-state index in [0.717, 1.165) is 44.2 Å². The summed E-state index contributed by atoms with van der Waals surface area (Å²) in [5.41, 5.74) is 6.97. The van der Waals surface area contributed by atoms with Crippen LogP contribution in [0, 0.1) is 13.8 Å². The summed E-state index contributed by atoms with van der Waals surface area (Å²) in [6.07, 6.45) is 0. The monoisotopic (exact) mass is 638 g/mol. The van der Waals surface area contributed by atoms with Gasteiger partial charge in [-0.1, -0.05) is 83.9 Å². The molecule has 236 valence electrons. The van der Waals surface area contributed by atoms with Crippen molar-refractivity contribution in [3.8, 4) is 5.75 Å². The highest BCUT2D eigenvalue weighted by molar-refractivity contribution is 6.01. The van der Waals surface area contributed by atoms with E-state index in [1.807, 2.05) is 123 Å². The highest BCUT2D eigenvalue weighted by atomic mass is 16.5. The Hall–Kier alpha value is -6.67. The molecule has 0 N–H and O–H groups in total. The van der Waals surface area contributed by atoms with Gasteiger partial charge in [0.15, 0.2) is 0 Å². The molecule has 8 heteroatoms. The number of benzene rings is 7. The minimum absolute atomic E-state index is 0.425. The van der Waals surface area contributed by atoms with Crippen LogP contribution >= 0.6 is 0 Å². The number of rotatable bonds is 8. The summed E-state index contributed by atoms with van der Waals surface area (Å²) < 4.78 is 5.47. The molecular formula is C41H30N6O2. The van der Waals surface area contributed by atoms with Gasteiger partial charge in [0.25, 0.3) is 0 Å². The Kier molecular flexibility index (Phi) is 8.84. The van der Waals surface area contributed by atoms with Crippen molar-refractivity contribution in [3.63, 3.8) is 0 Å². The molecule has 7 aromatic rings. The Labute approximate surface area is 283 Å². The van der Waals surface area contributed by atoms with Crippen molar-refractivity contribution < 1.29 is 9.53 Å². The average molecular weight is 639 g/mol. The van der Waals surface area contributed by atoms with Gasteiger partial charge in [0, 0.05) is 21.5 Å². The smallest absolute Gasteiger partial charge is 0.343 e. The van der Waals surface area contributed by atoms with Crippen LogP contribution in [0.15, 0.2) is 176 Å². The number of carbonyl (C=O) groups is 1. The number of carbonyl (C=O) groups excluding carboxylic acids is 1. The normalized spacial score (nSPS) is 11.7. The van der Waals surface area contributed by atoms with Crippen LogP contribution in [-0.2, 0) is 0 Å². The molecule has 0 aliphatic rings. The summed E-state index contributed by atoms with van der Waals surface area (Å²) in [4.78, 5) is 12.6. The highest BCUT2D eigenvalue weighted by Gasteiger charge is 2.10. The Bertz CT molecular complexity index is 2380. The van der Waals surface area contributed by atoms with Crippen LogP contribution in [0.2, 0.25) is 0 Å². The molecule has 7 rings (SSSR count). The quantitative estimate of drug-likeness (QED) is 0.0939. The second-order valence-electron chi connectivity index (χ2n) is 11.5. The number of fused-ring (bicyclic) bond motifs is 2. The van der Waals surface area contributed by atoms with Crippen molar-refractivity contribution in [1.82, 2.24) is 0 Å². The predicted molar refractivity (Wildman–Crippen MR) is 194 cm³/mol. The minimum Gasteiger partial charge on any atom is -0.423 e. The van der Waals surface area contributed by atoms with Gasteiger partial charge in [0.1, 0.15) is 5.75 Å². The summed E-state index contributed by atoms with van der Waals surface area (Å²) in [6, 6.07) is 45.5. The lowest BCUT2D eigenvalue weighted by Crippen LogP contribution is -2.07. The fourth-order valence-electron chi connectivity index (χ4n) is 5.26. The number of hydrogen-bond donors (Lipinski definition) is 0. The van der Waals surface area contributed by atoms with E-state index in [-0.39, 0.29) is 0 Å². The van der Waals surface area contributed by atoms with E-state index in [1.165, 1.54) is 5.56 Å². The number of nitrogens with zero attached hydrogens (tertiary/aromatic N) is 6. The van der Waals surface area contributed by atoms with E-state index in [9.17, 15) is 4.79 Å². The lowest BCUT2D eigenvalue weighted by Gasteiger charge is -2.06. The Balaban J connectivity index is 1.11. The third-order valence-corrected chi connectivity index (χ3v) is 7.94. The van der Waals surface area contributed by atoms with Crippen molar-refractivity contribution in [1.29, 1.82) is 0 Å². The molecular weight excluding hydrogens is 608 g/mol. The Morgan fingerprint density at radius 1 is 0.408 bits per heavy atom. The lowest BCUT2D eigenvalue weighted by molar-refractivity contribution is 0.0734. The molecule has 0 fully saturated rings. The van der Waals surface area contributed by atoms with Crippen molar-refractivity contribution in [2.45, 2.75) is 13.8 Å². The number of esters is 1. The topological polar surface area (TPSA) is 100 Å². The Morgan fingerprint density at radius 3 is 1.16 bits per heavy atom. The third kappa shape index (κ3) is 7.18. The summed E-state index contributed by atoms with van der Waals surface area (Å²) >= 11 is 0. The minimum atomic E-state index is -0.435. The van der Waals surface area contributed by atoms with Gasteiger partial charge in [0.05, 0.1) is 39.7 Å². The predicted octanol–water partition coefficient (Wildman–Crippen LogP) is 13.1. The van der Waals surface area contributed by atoms with Crippen molar-refractivity contribution in [2.24, 2.45) is 30.7 Å². The molecule has 0 unspecified atom stereocenters. The van der Waals surface area contributed by atoms with Crippen molar-refractivity contribution in [3.05, 3.63) is 162 Å². The third-order valence-electron chi connectivity index (χ3n) is 7.94. The Morgan fingerprint density at radius 2 is 0.755 bits per heavy atom. The molecule has 49 heavy (non-hydrogen) atoms. The molecule has 0 bridgehead atoms. The first kappa shape index (κ1) is 31.0. The number of azo groups is 3. The second-order valence-corrected chi connectivity index (χ2v) is 11.5. The van der Waals surface area contributed by atoms with Crippen LogP contribution < -0.4 is 4.74 Å². The van der Waals surface area contributed by atoms with E-state index in [1.54, 1.807) is 36.4 Å². The van der Waals surface area contributed by atoms with Gasteiger partial charge in [-0.25, -0.2) is 4.79 Å². The van der Waals surface area contributed by atoms with E-state index in [4.69, 9.17) is 4.74 Å². The molecule has 0 aliphatic heterocycles. The van der Waals surface area contributed by atoms with Crippen LogP contribution in [0.5, 0.6) is 5.75 Å². The first-order chi connectivity index (χ1) is 24.0. The summed E-state index contributed by atoms with van der Waals surface area (Å²) in [5.74, 6) is 0.0630. The molecule has 7 aromatic carbocycles. The molecule has 0 heterocycles. The van der Waals surface area contributed by atoms with Gasteiger partial charge in [0.2, 0.25) is 0 Å². The van der Waals surface area contributed by atoms with E-state index >= 15 is 0 Å². The maximum absolute atomic E-state index is 12.6. The average Bonchev–Trinajstić information content (AvgIpc) is 3.14. The molecule has 0 spiro atoms. The molecule has 0 aliphatic carbocycles. The largest absolute Gasteiger partial charge is 0.423 e. The SMILES string of the molecule is Cc1ccc(N=Nc2ccc(N=Nc3ccc(N=Nc4ccc(C(=O)Oc5ccc(C)cc5)cc4)c4ccccc34)c3ccccc23)cc1. The molecule has 0 amide bonds. The molecule has 0 radical (unpaired) electrons. The highest BCUT2D eigenvalue weighted by Crippen LogP contribution is 2.38. The van der Waals surface area contributed by atoms with Gasteiger partial charge in [-0.3, -0.25) is 0 Å².